The minimum Gasteiger partial charge on any atom is -0.481 e. The molecule has 152 valence electrons. The molecule has 8 heteroatoms. The normalized spacial score (nSPS) is 12.9. The van der Waals surface area contributed by atoms with E-state index in [1.54, 1.807) is 13.8 Å². The van der Waals surface area contributed by atoms with Gasteiger partial charge in [-0.1, -0.05) is 37.6 Å². The smallest absolute Gasteiger partial charge is 0.307 e. The number of carboxylic acid groups (broad SMARTS) is 1. The molecule has 2 aromatic rings. The third-order valence-electron chi connectivity index (χ3n) is 4.90. The molecule has 0 aliphatic carbocycles. The molecular weight excluding hydrogens is 400 g/mol. The molecule has 2 aromatic carbocycles. The second kappa shape index (κ2) is 8.49. The molecule has 0 heterocycles. The van der Waals surface area contributed by atoms with Gasteiger partial charge >= 0.3 is 5.97 Å². The van der Waals surface area contributed by atoms with Gasteiger partial charge in [-0.05, 0) is 24.1 Å². The van der Waals surface area contributed by atoms with Crippen molar-refractivity contribution in [2.24, 2.45) is 5.92 Å². The lowest BCUT2D eigenvalue weighted by Gasteiger charge is -2.32. The second-order valence-electron chi connectivity index (χ2n) is 6.97. The summed E-state index contributed by atoms with van der Waals surface area (Å²) in [6, 6.07) is 5.16. The van der Waals surface area contributed by atoms with Gasteiger partial charge in [-0.3, -0.25) is 4.79 Å². The Morgan fingerprint density at radius 1 is 1.07 bits per heavy atom. The molecule has 0 bridgehead atoms. The number of hydrogen-bond donors (Lipinski definition) is 1. The largest absolute Gasteiger partial charge is 0.481 e. The van der Waals surface area contributed by atoms with Gasteiger partial charge in [0.05, 0.1) is 23.1 Å². The Morgan fingerprint density at radius 2 is 1.61 bits per heavy atom. The summed E-state index contributed by atoms with van der Waals surface area (Å²) in [6.45, 7) is 2.60. The van der Waals surface area contributed by atoms with Crippen LogP contribution in [0.25, 0.3) is 0 Å². The lowest BCUT2D eigenvalue weighted by atomic mass is 9.71. The van der Waals surface area contributed by atoms with Gasteiger partial charge < -0.3 is 9.84 Å². The molecule has 0 amide bonds. The summed E-state index contributed by atoms with van der Waals surface area (Å²) < 4.78 is 61.1. The molecule has 0 saturated heterocycles. The Hall–Kier alpha value is -2.12. The van der Waals surface area contributed by atoms with Crippen LogP contribution in [-0.2, 0) is 28.0 Å². The lowest BCUT2D eigenvalue weighted by Crippen LogP contribution is -2.36. The van der Waals surface area contributed by atoms with E-state index in [4.69, 9.17) is 11.6 Å². The van der Waals surface area contributed by atoms with Crippen molar-refractivity contribution in [2.75, 3.05) is 7.11 Å². The number of methoxy groups -OCH3 is 1. The first-order valence-corrected chi connectivity index (χ1v) is 8.71. The Morgan fingerprint density at radius 3 is 2.11 bits per heavy atom. The van der Waals surface area contributed by atoms with Crippen LogP contribution in [0.3, 0.4) is 0 Å². The molecule has 0 aliphatic rings. The maximum absolute atomic E-state index is 14.6. The summed E-state index contributed by atoms with van der Waals surface area (Å²) in [5, 5.41) is 9.01. The van der Waals surface area contributed by atoms with Crippen LogP contribution < -0.4 is 0 Å². The molecule has 28 heavy (non-hydrogen) atoms. The maximum atomic E-state index is 14.6. The zero-order chi connectivity index (χ0) is 21.2. The van der Waals surface area contributed by atoms with E-state index in [1.165, 1.54) is 31.4 Å². The van der Waals surface area contributed by atoms with E-state index in [1.807, 2.05) is 0 Å². The molecule has 3 nitrogen and oxygen atoms in total. The van der Waals surface area contributed by atoms with Crippen LogP contribution in [0.2, 0.25) is 5.02 Å². The predicted octanol–water partition coefficient (Wildman–Crippen LogP) is 5.26. The van der Waals surface area contributed by atoms with Crippen LogP contribution in [0.4, 0.5) is 17.6 Å². The number of benzene rings is 2. The van der Waals surface area contributed by atoms with Gasteiger partial charge in [0, 0.05) is 18.1 Å². The van der Waals surface area contributed by atoms with Crippen molar-refractivity contribution in [3.05, 3.63) is 69.2 Å². The summed E-state index contributed by atoms with van der Waals surface area (Å²) in [4.78, 5) is 11.9. The first kappa shape index (κ1) is 22.2. The topological polar surface area (TPSA) is 46.5 Å². The lowest BCUT2D eigenvalue weighted by molar-refractivity contribution is -0.144. The van der Waals surface area contributed by atoms with Crippen molar-refractivity contribution < 1.29 is 32.2 Å². The van der Waals surface area contributed by atoms with Crippen molar-refractivity contribution in [3.63, 3.8) is 0 Å². The number of carbonyl (C=O) groups is 1. The highest BCUT2D eigenvalue weighted by Gasteiger charge is 2.39. The quantitative estimate of drug-likeness (QED) is 0.492. The molecule has 0 radical (unpaired) electrons. The third-order valence-corrected chi connectivity index (χ3v) is 5.29. The van der Waals surface area contributed by atoms with Crippen LogP contribution in [-0.4, -0.2) is 18.2 Å². The van der Waals surface area contributed by atoms with Gasteiger partial charge in [0.25, 0.3) is 0 Å². The number of rotatable bonds is 7. The summed E-state index contributed by atoms with van der Waals surface area (Å²) in [5.41, 5.74) is -1.89. The van der Waals surface area contributed by atoms with Crippen LogP contribution in [0.1, 0.15) is 30.5 Å². The average molecular weight is 419 g/mol. The Labute approximate surface area is 164 Å². The molecule has 2 rings (SSSR count). The highest BCUT2D eigenvalue weighted by Crippen LogP contribution is 2.38. The van der Waals surface area contributed by atoms with Gasteiger partial charge in [-0.2, -0.15) is 0 Å². The minimum absolute atomic E-state index is 0.467. The molecule has 0 aliphatic heterocycles. The highest BCUT2D eigenvalue weighted by atomic mass is 35.5. The van der Waals surface area contributed by atoms with Crippen LogP contribution in [0.15, 0.2) is 24.3 Å². The zero-order valence-electron chi connectivity index (χ0n) is 15.5. The second-order valence-corrected chi connectivity index (χ2v) is 7.35. The van der Waals surface area contributed by atoms with E-state index >= 15 is 0 Å². The van der Waals surface area contributed by atoms with Crippen LogP contribution in [0, 0.1) is 29.2 Å². The molecule has 0 aromatic heterocycles. The van der Waals surface area contributed by atoms with E-state index < -0.39 is 69.7 Å². The number of carboxylic acids is 1. The Bertz CT molecular complexity index is 853. The molecule has 1 N–H and O–H groups in total. The van der Waals surface area contributed by atoms with Gasteiger partial charge in [0.2, 0.25) is 0 Å². The average Bonchev–Trinajstić information content (AvgIpc) is 2.63. The maximum Gasteiger partial charge on any atom is 0.307 e. The first-order valence-electron chi connectivity index (χ1n) is 8.33. The number of ether oxygens (including phenoxy) is 1. The molecule has 1 unspecified atom stereocenters. The van der Waals surface area contributed by atoms with Gasteiger partial charge in [-0.15, -0.1) is 0 Å². The molecule has 0 saturated carbocycles. The SMILES string of the molecule is COCc1c(F)c(F)c(CC(C(=O)O)C(C)(C)c2ccc(F)cc2)c(Cl)c1F. The number of aliphatic carboxylic acids is 1. The van der Waals surface area contributed by atoms with Crippen molar-refractivity contribution in [1.82, 2.24) is 0 Å². The first-order chi connectivity index (χ1) is 13.0. The van der Waals surface area contributed by atoms with Gasteiger partial charge in [0.1, 0.15) is 5.82 Å². The fraction of sp³-hybridized carbons (Fsp3) is 0.350. The van der Waals surface area contributed by atoms with E-state index in [0.29, 0.717) is 5.56 Å². The number of halogens is 5. The van der Waals surface area contributed by atoms with Gasteiger partial charge in [-0.25, -0.2) is 17.6 Å². The summed E-state index contributed by atoms with van der Waals surface area (Å²) in [6.07, 6.45) is -0.564. The number of hydrogen-bond acceptors (Lipinski definition) is 2. The fourth-order valence-corrected chi connectivity index (χ4v) is 3.38. The van der Waals surface area contributed by atoms with E-state index in [0.717, 1.165) is 0 Å². The zero-order valence-corrected chi connectivity index (χ0v) is 16.2. The highest BCUT2D eigenvalue weighted by molar-refractivity contribution is 6.31. The fourth-order valence-electron chi connectivity index (χ4n) is 3.11. The summed E-state index contributed by atoms with van der Waals surface area (Å²) in [7, 11) is 1.18. The Kier molecular flexibility index (Phi) is 6.72. The third kappa shape index (κ3) is 4.15. The summed E-state index contributed by atoms with van der Waals surface area (Å²) >= 11 is 5.90. The van der Waals surface area contributed by atoms with Crippen molar-refractivity contribution in [1.29, 1.82) is 0 Å². The predicted molar refractivity (Wildman–Crippen MR) is 96.3 cm³/mol. The molecular formula is C20H19ClF4O3. The van der Waals surface area contributed by atoms with Crippen molar-refractivity contribution in [3.8, 4) is 0 Å². The summed E-state index contributed by atoms with van der Waals surface area (Å²) in [5.74, 6) is -7.19. The minimum atomic E-state index is -1.47. The van der Waals surface area contributed by atoms with E-state index in [2.05, 4.69) is 4.74 Å². The molecule has 0 fully saturated rings. The molecule has 0 spiro atoms. The van der Waals surface area contributed by atoms with E-state index in [9.17, 15) is 27.5 Å². The van der Waals surface area contributed by atoms with Crippen molar-refractivity contribution in [2.45, 2.75) is 32.3 Å². The Balaban J connectivity index is 2.53. The standard InChI is InChI=1S/C20H19ClF4O3/c1-20(2,10-4-6-11(22)7-5-10)14(19(26)27)8-12-15(21)16(23)13(9-28-3)18(25)17(12)24/h4-7,14H,8-9H2,1-3H3,(H,26,27). The van der Waals surface area contributed by atoms with Crippen LogP contribution in [0.5, 0.6) is 0 Å². The van der Waals surface area contributed by atoms with E-state index in [-0.39, 0.29) is 0 Å². The monoisotopic (exact) mass is 418 g/mol. The van der Waals surface area contributed by atoms with Gasteiger partial charge in [0.15, 0.2) is 17.5 Å². The molecule has 1 atom stereocenters. The van der Waals surface area contributed by atoms with Crippen molar-refractivity contribution >= 4 is 17.6 Å². The van der Waals surface area contributed by atoms with Crippen LogP contribution >= 0.6 is 11.6 Å².